The lowest BCUT2D eigenvalue weighted by molar-refractivity contribution is 0.0935. The Balaban J connectivity index is 1.73. The lowest BCUT2D eigenvalue weighted by atomic mass is 9.86. The first-order valence-corrected chi connectivity index (χ1v) is 7.16. The van der Waals surface area contributed by atoms with Gasteiger partial charge in [0, 0.05) is 12.5 Å². The summed E-state index contributed by atoms with van der Waals surface area (Å²) in [6, 6.07) is 0. The average molecular weight is 227 g/mol. The molecule has 2 heteroatoms. The van der Waals surface area contributed by atoms with Crippen molar-refractivity contribution >= 4 is 0 Å². The molecule has 16 heavy (non-hydrogen) atoms. The van der Waals surface area contributed by atoms with Crippen LogP contribution in [0.2, 0.25) is 0 Å². The Hall–Kier alpha value is -0.110. The van der Waals surface area contributed by atoms with Crippen LogP contribution in [0.1, 0.15) is 51.9 Å². The fraction of sp³-hybridized carbons (Fsp3) is 1.00. The van der Waals surface area contributed by atoms with Crippen molar-refractivity contribution in [2.24, 2.45) is 11.8 Å². The highest BCUT2D eigenvalue weighted by Gasteiger charge is 2.28. The van der Waals surface area contributed by atoms with Crippen molar-refractivity contribution in [3.05, 3.63) is 0 Å². The summed E-state index contributed by atoms with van der Waals surface area (Å²) < 4.78 is 13.7. The summed E-state index contributed by atoms with van der Waals surface area (Å²) in [6.45, 7) is 5.74. The van der Waals surface area contributed by atoms with Crippen LogP contribution in [-0.2, 0) is 0 Å². The van der Waals surface area contributed by atoms with Crippen molar-refractivity contribution in [3.63, 3.8) is 0 Å². The van der Waals surface area contributed by atoms with E-state index in [9.17, 15) is 4.39 Å². The van der Waals surface area contributed by atoms with Crippen LogP contribution in [-0.4, -0.2) is 30.7 Å². The van der Waals surface area contributed by atoms with Gasteiger partial charge in [0.1, 0.15) is 6.17 Å². The van der Waals surface area contributed by atoms with E-state index in [4.69, 9.17) is 0 Å². The summed E-state index contributed by atoms with van der Waals surface area (Å²) in [5.41, 5.74) is 0. The van der Waals surface area contributed by atoms with Crippen molar-refractivity contribution in [1.29, 1.82) is 0 Å². The number of nitrogens with zero attached hydrogens (tertiary/aromatic N) is 1. The SMILES string of the molecule is CCC1CCN(CC2CCCCC2F)CC1. The van der Waals surface area contributed by atoms with Crippen LogP contribution < -0.4 is 0 Å². The molecule has 0 N–H and O–H groups in total. The summed E-state index contributed by atoms with van der Waals surface area (Å²) in [5.74, 6) is 1.27. The lowest BCUT2D eigenvalue weighted by Crippen LogP contribution is -2.40. The molecule has 0 aromatic rings. The second-order valence-corrected chi connectivity index (χ2v) is 5.71. The third kappa shape index (κ3) is 3.19. The molecule has 0 spiro atoms. The largest absolute Gasteiger partial charge is 0.303 e. The molecule has 1 saturated heterocycles. The van der Waals surface area contributed by atoms with E-state index in [2.05, 4.69) is 11.8 Å². The van der Waals surface area contributed by atoms with Crippen molar-refractivity contribution in [2.75, 3.05) is 19.6 Å². The van der Waals surface area contributed by atoms with E-state index < -0.39 is 6.17 Å². The summed E-state index contributed by atoms with van der Waals surface area (Å²) in [7, 11) is 0. The Morgan fingerprint density at radius 2 is 1.75 bits per heavy atom. The van der Waals surface area contributed by atoms with Crippen LogP contribution >= 0.6 is 0 Å². The smallest absolute Gasteiger partial charge is 0.104 e. The minimum absolute atomic E-state index is 0.340. The van der Waals surface area contributed by atoms with Crippen LogP contribution in [0.25, 0.3) is 0 Å². The molecule has 0 amide bonds. The molecule has 1 aliphatic heterocycles. The lowest BCUT2D eigenvalue weighted by Gasteiger charge is -2.36. The molecule has 1 heterocycles. The summed E-state index contributed by atoms with van der Waals surface area (Å²) in [5, 5.41) is 0. The summed E-state index contributed by atoms with van der Waals surface area (Å²) >= 11 is 0. The quantitative estimate of drug-likeness (QED) is 0.711. The van der Waals surface area contributed by atoms with Crippen LogP contribution in [0, 0.1) is 11.8 Å². The zero-order valence-electron chi connectivity index (χ0n) is 10.6. The zero-order chi connectivity index (χ0) is 11.4. The Kier molecular flexibility index (Phi) is 4.63. The standard InChI is InChI=1S/C14H26FN/c1-2-12-7-9-16(10-8-12)11-13-5-3-4-6-14(13)15/h12-14H,2-11H2,1H3. The van der Waals surface area contributed by atoms with Gasteiger partial charge in [0.15, 0.2) is 0 Å². The van der Waals surface area contributed by atoms with E-state index in [1.165, 1.54) is 38.8 Å². The van der Waals surface area contributed by atoms with Gasteiger partial charge >= 0.3 is 0 Å². The van der Waals surface area contributed by atoms with Crippen LogP contribution in [0.5, 0.6) is 0 Å². The van der Waals surface area contributed by atoms with Gasteiger partial charge in [-0.15, -0.1) is 0 Å². The van der Waals surface area contributed by atoms with E-state index in [1.54, 1.807) is 0 Å². The van der Waals surface area contributed by atoms with Gasteiger partial charge in [-0.2, -0.15) is 0 Å². The molecule has 0 aromatic carbocycles. The Morgan fingerprint density at radius 3 is 2.38 bits per heavy atom. The summed E-state index contributed by atoms with van der Waals surface area (Å²) in [6.07, 6.45) is 7.76. The highest BCUT2D eigenvalue weighted by molar-refractivity contribution is 4.80. The van der Waals surface area contributed by atoms with Gasteiger partial charge in [-0.3, -0.25) is 0 Å². The van der Waals surface area contributed by atoms with Crippen LogP contribution in [0.15, 0.2) is 0 Å². The Bertz CT molecular complexity index is 199. The maximum atomic E-state index is 13.7. The van der Waals surface area contributed by atoms with Crippen LogP contribution in [0.3, 0.4) is 0 Å². The third-order valence-electron chi connectivity index (χ3n) is 4.59. The molecular weight excluding hydrogens is 201 g/mol. The Morgan fingerprint density at radius 1 is 1.06 bits per heavy atom. The second kappa shape index (κ2) is 6.00. The number of hydrogen-bond donors (Lipinski definition) is 0. The van der Waals surface area contributed by atoms with Gasteiger partial charge in [0.25, 0.3) is 0 Å². The van der Waals surface area contributed by atoms with Crippen molar-refractivity contribution in [2.45, 2.75) is 58.0 Å². The minimum atomic E-state index is -0.516. The van der Waals surface area contributed by atoms with Crippen molar-refractivity contribution in [1.82, 2.24) is 4.90 Å². The monoisotopic (exact) mass is 227 g/mol. The second-order valence-electron chi connectivity index (χ2n) is 5.71. The maximum absolute atomic E-state index is 13.7. The molecule has 2 fully saturated rings. The van der Waals surface area contributed by atoms with E-state index in [1.807, 2.05) is 0 Å². The number of likely N-dealkylation sites (tertiary alicyclic amines) is 1. The summed E-state index contributed by atoms with van der Waals surface area (Å²) in [4.78, 5) is 2.51. The maximum Gasteiger partial charge on any atom is 0.104 e. The Labute approximate surface area is 99.4 Å². The van der Waals surface area contributed by atoms with E-state index >= 15 is 0 Å². The van der Waals surface area contributed by atoms with E-state index in [0.29, 0.717) is 5.92 Å². The molecule has 2 unspecified atom stereocenters. The molecule has 1 aliphatic carbocycles. The minimum Gasteiger partial charge on any atom is -0.303 e. The van der Waals surface area contributed by atoms with E-state index in [0.717, 1.165) is 31.7 Å². The third-order valence-corrected chi connectivity index (χ3v) is 4.59. The molecule has 0 bridgehead atoms. The number of piperidine rings is 1. The van der Waals surface area contributed by atoms with Gasteiger partial charge in [-0.25, -0.2) is 4.39 Å². The molecule has 1 saturated carbocycles. The molecular formula is C14H26FN. The average Bonchev–Trinajstić information content (AvgIpc) is 2.33. The van der Waals surface area contributed by atoms with Gasteiger partial charge in [-0.1, -0.05) is 26.2 Å². The molecule has 94 valence electrons. The molecule has 2 atom stereocenters. The van der Waals surface area contributed by atoms with Gasteiger partial charge in [0.2, 0.25) is 0 Å². The first-order valence-electron chi connectivity index (χ1n) is 7.16. The fourth-order valence-corrected chi connectivity index (χ4v) is 3.28. The van der Waals surface area contributed by atoms with Gasteiger partial charge in [-0.05, 0) is 44.7 Å². The predicted octanol–water partition coefficient (Wildman–Crippen LogP) is 3.64. The van der Waals surface area contributed by atoms with Gasteiger partial charge in [0.05, 0.1) is 0 Å². The fourth-order valence-electron chi connectivity index (χ4n) is 3.28. The normalized spacial score (nSPS) is 34.1. The molecule has 0 radical (unpaired) electrons. The highest BCUT2D eigenvalue weighted by atomic mass is 19.1. The molecule has 2 rings (SSSR count). The van der Waals surface area contributed by atoms with Crippen molar-refractivity contribution in [3.8, 4) is 0 Å². The van der Waals surface area contributed by atoms with Crippen LogP contribution in [0.4, 0.5) is 4.39 Å². The molecule has 2 aliphatic rings. The topological polar surface area (TPSA) is 3.24 Å². The molecule has 1 nitrogen and oxygen atoms in total. The highest BCUT2D eigenvalue weighted by Crippen LogP contribution is 2.29. The number of alkyl halides is 1. The number of halogens is 1. The first-order chi connectivity index (χ1) is 7.79. The zero-order valence-corrected chi connectivity index (χ0v) is 10.6. The predicted molar refractivity (Wildman–Crippen MR) is 66.3 cm³/mol. The number of hydrogen-bond acceptors (Lipinski definition) is 1. The molecule has 0 aromatic heterocycles. The number of rotatable bonds is 3. The first kappa shape index (κ1) is 12.3. The van der Waals surface area contributed by atoms with Gasteiger partial charge < -0.3 is 4.90 Å². The van der Waals surface area contributed by atoms with Crippen molar-refractivity contribution < 1.29 is 4.39 Å². The van der Waals surface area contributed by atoms with E-state index in [-0.39, 0.29) is 0 Å².